The Kier molecular flexibility index (Phi) is 5.36. The summed E-state index contributed by atoms with van der Waals surface area (Å²) in [6, 6.07) is 9.98. The third-order valence-electron chi connectivity index (χ3n) is 4.27. The van der Waals surface area contributed by atoms with Crippen molar-refractivity contribution in [2.45, 2.75) is 25.3 Å². The number of morpholine rings is 1. The van der Waals surface area contributed by atoms with Gasteiger partial charge in [0.2, 0.25) is 10.0 Å². The van der Waals surface area contributed by atoms with E-state index < -0.39 is 10.0 Å². The summed E-state index contributed by atoms with van der Waals surface area (Å²) < 4.78 is 34.4. The Morgan fingerprint density at radius 1 is 1.16 bits per heavy atom. The highest BCUT2D eigenvalue weighted by molar-refractivity contribution is 7.89. The van der Waals surface area contributed by atoms with E-state index in [9.17, 15) is 8.42 Å². The summed E-state index contributed by atoms with van der Waals surface area (Å²) in [5.41, 5.74) is 2.31. The Morgan fingerprint density at radius 3 is 2.52 bits per heavy atom. The highest BCUT2D eigenvalue weighted by Gasteiger charge is 2.31. The summed E-state index contributed by atoms with van der Waals surface area (Å²) in [5.74, 6) is 0. The minimum Gasteiger partial charge on any atom is -0.379 e. The molecule has 2 heterocycles. The first-order valence-corrected chi connectivity index (χ1v) is 9.77. The number of hydrogen-bond donors (Lipinski definition) is 0. The number of rotatable bonds is 5. The molecule has 25 heavy (non-hydrogen) atoms. The normalized spacial score (nSPS) is 16.6. The van der Waals surface area contributed by atoms with Crippen LogP contribution in [0.1, 0.15) is 17.0 Å². The summed E-state index contributed by atoms with van der Waals surface area (Å²) in [5, 5.41) is 4.43. The smallest absolute Gasteiger partial charge is 0.246 e. The first-order valence-electron chi connectivity index (χ1n) is 8.33. The molecule has 0 saturated carbocycles. The van der Waals surface area contributed by atoms with Gasteiger partial charge < -0.3 is 4.74 Å². The van der Waals surface area contributed by atoms with Gasteiger partial charge in [0.05, 0.1) is 31.1 Å². The van der Waals surface area contributed by atoms with Crippen molar-refractivity contribution in [3.8, 4) is 0 Å². The fraction of sp³-hybridized carbons (Fsp3) is 0.389. The van der Waals surface area contributed by atoms with Crippen LogP contribution in [-0.2, 0) is 21.3 Å². The summed E-state index contributed by atoms with van der Waals surface area (Å²) in [6.45, 7) is 5.73. The van der Waals surface area contributed by atoms with Crippen molar-refractivity contribution in [3.05, 3.63) is 53.4 Å². The molecule has 1 aliphatic rings. The molecule has 3 rings (SSSR count). The van der Waals surface area contributed by atoms with Gasteiger partial charge in [0.15, 0.2) is 0 Å². The van der Waals surface area contributed by atoms with Crippen LogP contribution < -0.4 is 0 Å². The number of allylic oxidation sites excluding steroid dienone is 1. The number of hydrogen-bond acceptors (Lipinski definition) is 4. The van der Waals surface area contributed by atoms with E-state index in [1.807, 2.05) is 49.4 Å². The molecule has 0 unspecified atom stereocenters. The molecule has 1 fully saturated rings. The Labute approximate surface area is 148 Å². The van der Waals surface area contributed by atoms with E-state index in [2.05, 4.69) is 5.10 Å². The molecular formula is C18H23N3O3S. The zero-order chi connectivity index (χ0) is 17.9. The van der Waals surface area contributed by atoms with Crippen molar-refractivity contribution in [2.24, 2.45) is 0 Å². The predicted octanol–water partition coefficient (Wildman–Crippen LogP) is 2.23. The molecule has 7 heteroatoms. The Bertz CT molecular complexity index is 851. The molecule has 1 saturated heterocycles. The van der Waals surface area contributed by atoms with Crippen molar-refractivity contribution in [2.75, 3.05) is 26.3 Å². The number of aryl methyl sites for hydroxylation is 1. The van der Waals surface area contributed by atoms with E-state index >= 15 is 0 Å². The van der Waals surface area contributed by atoms with Crippen LogP contribution in [0.25, 0.3) is 6.08 Å². The zero-order valence-electron chi connectivity index (χ0n) is 14.6. The number of benzene rings is 1. The van der Waals surface area contributed by atoms with Gasteiger partial charge in [-0.1, -0.05) is 42.5 Å². The Balaban J connectivity index is 1.82. The largest absolute Gasteiger partial charge is 0.379 e. The highest BCUT2D eigenvalue weighted by atomic mass is 32.2. The van der Waals surface area contributed by atoms with Crippen LogP contribution in [0, 0.1) is 13.8 Å². The maximum absolute atomic E-state index is 12.9. The molecule has 0 amide bonds. The molecule has 134 valence electrons. The summed E-state index contributed by atoms with van der Waals surface area (Å²) in [4.78, 5) is 0.322. The van der Waals surface area contributed by atoms with Gasteiger partial charge >= 0.3 is 0 Å². The maximum Gasteiger partial charge on any atom is 0.246 e. The second kappa shape index (κ2) is 7.51. The summed E-state index contributed by atoms with van der Waals surface area (Å²) >= 11 is 0. The van der Waals surface area contributed by atoms with Crippen LogP contribution in [-0.4, -0.2) is 48.8 Å². The van der Waals surface area contributed by atoms with E-state index in [4.69, 9.17) is 4.74 Å². The predicted molar refractivity (Wildman–Crippen MR) is 96.8 cm³/mol. The minimum atomic E-state index is -3.53. The van der Waals surface area contributed by atoms with Gasteiger partial charge in [-0.05, 0) is 19.4 Å². The lowest BCUT2D eigenvalue weighted by atomic mass is 10.2. The summed E-state index contributed by atoms with van der Waals surface area (Å²) in [7, 11) is -3.53. The first-order chi connectivity index (χ1) is 12.0. The van der Waals surface area contributed by atoms with Crippen molar-refractivity contribution in [3.63, 3.8) is 0 Å². The first kappa shape index (κ1) is 17.8. The van der Waals surface area contributed by atoms with Gasteiger partial charge in [-0.25, -0.2) is 8.42 Å². The lowest BCUT2D eigenvalue weighted by Gasteiger charge is -2.26. The van der Waals surface area contributed by atoms with E-state index in [0.29, 0.717) is 49.1 Å². The zero-order valence-corrected chi connectivity index (χ0v) is 15.4. The molecule has 0 N–H and O–H groups in total. The fourth-order valence-corrected chi connectivity index (χ4v) is 4.78. The molecule has 2 aromatic rings. The third kappa shape index (κ3) is 3.84. The van der Waals surface area contributed by atoms with E-state index in [1.54, 1.807) is 11.6 Å². The van der Waals surface area contributed by atoms with Crippen molar-refractivity contribution in [1.82, 2.24) is 14.1 Å². The van der Waals surface area contributed by atoms with Gasteiger partial charge in [-0.15, -0.1) is 0 Å². The highest BCUT2D eigenvalue weighted by Crippen LogP contribution is 2.24. The van der Waals surface area contributed by atoms with Crippen LogP contribution in [0.4, 0.5) is 0 Å². The maximum atomic E-state index is 12.9. The molecule has 1 aromatic heterocycles. The molecule has 0 bridgehead atoms. The molecule has 0 atom stereocenters. The SMILES string of the molecule is Cc1nn(C/C=C/c2ccccc2)c(C)c1S(=O)(=O)N1CCOCC1. The van der Waals surface area contributed by atoms with E-state index in [-0.39, 0.29) is 0 Å². The number of sulfonamides is 1. The topological polar surface area (TPSA) is 64.4 Å². The Morgan fingerprint density at radius 2 is 1.84 bits per heavy atom. The van der Waals surface area contributed by atoms with E-state index in [0.717, 1.165) is 5.56 Å². The van der Waals surface area contributed by atoms with Crippen LogP contribution in [0.5, 0.6) is 0 Å². The van der Waals surface area contributed by atoms with Gasteiger partial charge in [-0.2, -0.15) is 9.40 Å². The third-order valence-corrected chi connectivity index (χ3v) is 6.42. The number of aromatic nitrogens is 2. The van der Waals surface area contributed by atoms with Crippen LogP contribution in [0.15, 0.2) is 41.3 Å². The van der Waals surface area contributed by atoms with Crippen LogP contribution >= 0.6 is 0 Å². The quantitative estimate of drug-likeness (QED) is 0.819. The lowest BCUT2D eigenvalue weighted by Crippen LogP contribution is -2.41. The van der Waals surface area contributed by atoms with Crippen LogP contribution in [0.2, 0.25) is 0 Å². The number of nitrogens with zero attached hydrogens (tertiary/aromatic N) is 3. The van der Waals surface area contributed by atoms with Gasteiger partial charge in [-0.3, -0.25) is 4.68 Å². The molecule has 0 spiro atoms. The standard InChI is InChI=1S/C18H23N3O3S/c1-15-18(25(22,23)20-11-13-24-14-12-20)16(2)21(19-15)10-6-9-17-7-4-3-5-8-17/h3-9H,10-14H2,1-2H3/b9-6+. The van der Waals surface area contributed by atoms with Crippen molar-refractivity contribution in [1.29, 1.82) is 0 Å². The molecule has 0 aliphatic carbocycles. The van der Waals surface area contributed by atoms with Gasteiger partial charge in [0, 0.05) is 13.1 Å². The average Bonchev–Trinajstić information content (AvgIpc) is 2.91. The second-order valence-corrected chi connectivity index (χ2v) is 7.89. The Hall–Kier alpha value is -1.96. The molecule has 0 radical (unpaired) electrons. The molecule has 6 nitrogen and oxygen atoms in total. The molecular weight excluding hydrogens is 338 g/mol. The van der Waals surface area contributed by atoms with Crippen molar-refractivity contribution < 1.29 is 13.2 Å². The van der Waals surface area contributed by atoms with Gasteiger partial charge in [0.1, 0.15) is 4.90 Å². The monoisotopic (exact) mass is 361 g/mol. The summed E-state index contributed by atoms with van der Waals surface area (Å²) in [6.07, 6.45) is 3.99. The van der Waals surface area contributed by atoms with Crippen LogP contribution in [0.3, 0.4) is 0 Å². The van der Waals surface area contributed by atoms with E-state index in [1.165, 1.54) is 4.31 Å². The average molecular weight is 361 g/mol. The van der Waals surface area contributed by atoms with Crippen molar-refractivity contribution >= 4 is 16.1 Å². The number of ether oxygens (including phenoxy) is 1. The van der Waals surface area contributed by atoms with Gasteiger partial charge in [0.25, 0.3) is 0 Å². The minimum absolute atomic E-state index is 0.322. The lowest BCUT2D eigenvalue weighted by molar-refractivity contribution is 0.0730. The molecule has 1 aliphatic heterocycles. The molecule has 1 aromatic carbocycles. The fourth-order valence-electron chi connectivity index (χ4n) is 3.00. The second-order valence-electron chi connectivity index (χ2n) is 6.01.